The minimum Gasteiger partial charge on any atom is -0.461 e. The molecule has 0 saturated heterocycles. The fraction of sp³-hybridized carbons (Fsp3) is 0.800. The summed E-state index contributed by atoms with van der Waals surface area (Å²) in [5, 5.41) is 0. The standard InChI is InChI=1S/C10H14Br2O4/c1-5(13)15-7-3-4-8(16-6(2)14)10(12)9(7)11/h7-10H,3-4H2,1-2H3/t7-,8+,9-,10-/m0/s1. The van der Waals surface area contributed by atoms with Crippen LogP contribution in [0.2, 0.25) is 0 Å². The van der Waals surface area contributed by atoms with Gasteiger partial charge in [-0.3, -0.25) is 9.59 Å². The molecule has 0 N–H and O–H groups in total. The number of hydrogen-bond donors (Lipinski definition) is 0. The molecule has 0 aromatic heterocycles. The van der Waals surface area contributed by atoms with Crippen molar-refractivity contribution in [2.45, 2.75) is 48.6 Å². The Morgan fingerprint density at radius 2 is 1.25 bits per heavy atom. The Kier molecular flexibility index (Phi) is 5.24. The predicted molar refractivity (Wildman–Crippen MR) is 65.8 cm³/mol. The van der Waals surface area contributed by atoms with E-state index in [0.717, 1.165) is 0 Å². The number of alkyl halides is 2. The highest BCUT2D eigenvalue weighted by atomic mass is 79.9. The van der Waals surface area contributed by atoms with Crippen molar-refractivity contribution < 1.29 is 19.1 Å². The lowest BCUT2D eigenvalue weighted by atomic mass is 9.94. The van der Waals surface area contributed by atoms with E-state index >= 15 is 0 Å². The van der Waals surface area contributed by atoms with Crippen LogP contribution in [-0.4, -0.2) is 33.8 Å². The molecule has 1 fully saturated rings. The highest BCUT2D eigenvalue weighted by molar-refractivity contribution is 9.12. The molecule has 0 heterocycles. The van der Waals surface area contributed by atoms with Crippen LogP contribution in [0.3, 0.4) is 0 Å². The predicted octanol–water partition coefficient (Wildman–Crippen LogP) is 2.17. The number of carbonyl (C=O) groups excluding carboxylic acids is 2. The van der Waals surface area contributed by atoms with E-state index in [1.165, 1.54) is 13.8 Å². The second-order valence-corrected chi connectivity index (χ2v) is 5.88. The van der Waals surface area contributed by atoms with Crippen LogP contribution >= 0.6 is 31.9 Å². The van der Waals surface area contributed by atoms with Crippen LogP contribution in [0.25, 0.3) is 0 Å². The van der Waals surface area contributed by atoms with Gasteiger partial charge in [0, 0.05) is 13.8 Å². The van der Waals surface area contributed by atoms with E-state index in [1.54, 1.807) is 0 Å². The van der Waals surface area contributed by atoms with Crippen LogP contribution in [0.4, 0.5) is 0 Å². The van der Waals surface area contributed by atoms with Gasteiger partial charge in [0.2, 0.25) is 0 Å². The van der Waals surface area contributed by atoms with Gasteiger partial charge < -0.3 is 9.47 Å². The number of ether oxygens (including phenoxy) is 2. The van der Waals surface area contributed by atoms with Crippen LogP contribution in [-0.2, 0) is 19.1 Å². The second-order valence-electron chi connectivity index (χ2n) is 3.76. The van der Waals surface area contributed by atoms with Crippen LogP contribution in [0, 0.1) is 0 Å². The molecule has 0 aromatic rings. The zero-order valence-electron chi connectivity index (χ0n) is 9.11. The number of hydrogen-bond acceptors (Lipinski definition) is 4. The van der Waals surface area contributed by atoms with Gasteiger partial charge in [-0.1, -0.05) is 31.9 Å². The van der Waals surface area contributed by atoms with E-state index in [4.69, 9.17) is 9.47 Å². The average Bonchev–Trinajstić information content (AvgIpc) is 2.16. The summed E-state index contributed by atoms with van der Waals surface area (Å²) in [6.07, 6.45) is 1.04. The molecule has 0 spiro atoms. The van der Waals surface area contributed by atoms with Crippen molar-refractivity contribution in [3.8, 4) is 0 Å². The molecule has 0 radical (unpaired) electrons. The Labute approximate surface area is 111 Å². The Hall–Kier alpha value is -0.100. The number of carbonyl (C=O) groups is 2. The van der Waals surface area contributed by atoms with E-state index in [0.29, 0.717) is 12.8 Å². The molecule has 0 aliphatic heterocycles. The summed E-state index contributed by atoms with van der Waals surface area (Å²) in [6.45, 7) is 2.78. The largest absolute Gasteiger partial charge is 0.461 e. The summed E-state index contributed by atoms with van der Waals surface area (Å²) < 4.78 is 10.3. The lowest BCUT2D eigenvalue weighted by Gasteiger charge is -2.36. The van der Waals surface area contributed by atoms with E-state index in [-0.39, 0.29) is 33.8 Å². The molecular weight excluding hydrogens is 344 g/mol. The van der Waals surface area contributed by atoms with Crippen LogP contribution < -0.4 is 0 Å². The lowest BCUT2D eigenvalue weighted by molar-refractivity contribution is -0.154. The van der Waals surface area contributed by atoms with E-state index in [1.807, 2.05) is 0 Å². The third-order valence-electron chi connectivity index (χ3n) is 2.38. The molecule has 1 rings (SSSR count). The molecule has 1 aliphatic rings. The highest BCUT2D eigenvalue weighted by Gasteiger charge is 2.39. The average molecular weight is 358 g/mol. The third-order valence-corrected chi connectivity index (χ3v) is 5.41. The molecule has 0 aromatic carbocycles. The first-order valence-corrected chi connectivity index (χ1v) is 6.87. The Balaban J connectivity index is 2.57. The molecule has 6 heteroatoms. The lowest BCUT2D eigenvalue weighted by Crippen LogP contribution is -2.45. The maximum atomic E-state index is 10.9. The Bertz CT molecular complexity index is 254. The summed E-state index contributed by atoms with van der Waals surface area (Å²) in [5.41, 5.74) is 0. The number of rotatable bonds is 2. The van der Waals surface area contributed by atoms with Gasteiger partial charge in [-0.05, 0) is 12.8 Å². The first kappa shape index (κ1) is 14.0. The summed E-state index contributed by atoms with van der Waals surface area (Å²) in [5.74, 6) is -0.583. The van der Waals surface area contributed by atoms with Crippen molar-refractivity contribution in [1.29, 1.82) is 0 Å². The van der Waals surface area contributed by atoms with Crippen LogP contribution in [0.15, 0.2) is 0 Å². The smallest absolute Gasteiger partial charge is 0.302 e. The van der Waals surface area contributed by atoms with Crippen molar-refractivity contribution in [3.63, 3.8) is 0 Å². The van der Waals surface area contributed by atoms with Gasteiger partial charge >= 0.3 is 11.9 Å². The van der Waals surface area contributed by atoms with Crippen LogP contribution in [0.5, 0.6) is 0 Å². The normalized spacial score (nSPS) is 34.2. The summed E-state index contributed by atoms with van der Waals surface area (Å²) in [4.78, 5) is 21.7. The van der Waals surface area contributed by atoms with Crippen molar-refractivity contribution >= 4 is 43.8 Å². The van der Waals surface area contributed by atoms with Gasteiger partial charge in [-0.25, -0.2) is 0 Å². The molecular formula is C10H14Br2O4. The number of esters is 2. The molecule has 4 atom stereocenters. The molecule has 0 unspecified atom stereocenters. The molecule has 0 amide bonds. The van der Waals surface area contributed by atoms with E-state index < -0.39 is 0 Å². The van der Waals surface area contributed by atoms with Gasteiger partial charge in [0.25, 0.3) is 0 Å². The monoisotopic (exact) mass is 356 g/mol. The van der Waals surface area contributed by atoms with Crippen molar-refractivity contribution in [1.82, 2.24) is 0 Å². The third kappa shape index (κ3) is 3.73. The van der Waals surface area contributed by atoms with E-state index in [9.17, 15) is 9.59 Å². The molecule has 92 valence electrons. The van der Waals surface area contributed by atoms with Gasteiger partial charge in [-0.2, -0.15) is 0 Å². The minimum absolute atomic E-state index is 0.0468. The molecule has 0 bridgehead atoms. The maximum Gasteiger partial charge on any atom is 0.302 e. The highest BCUT2D eigenvalue weighted by Crippen LogP contribution is 2.34. The number of halogens is 2. The molecule has 1 saturated carbocycles. The SMILES string of the molecule is CC(=O)O[C@H]1CC[C@@H](OC(C)=O)[C@H](Br)[C@H]1Br. The maximum absolute atomic E-state index is 10.9. The molecule has 16 heavy (non-hydrogen) atoms. The Morgan fingerprint density at radius 3 is 1.50 bits per heavy atom. The first-order chi connectivity index (χ1) is 7.41. The summed E-state index contributed by atoms with van der Waals surface area (Å²) in [6, 6.07) is 0. The van der Waals surface area contributed by atoms with Gasteiger partial charge in [0.1, 0.15) is 12.2 Å². The van der Waals surface area contributed by atoms with Gasteiger partial charge in [0.15, 0.2) is 0 Å². The quantitative estimate of drug-likeness (QED) is 0.561. The van der Waals surface area contributed by atoms with Gasteiger partial charge in [0.05, 0.1) is 9.65 Å². The fourth-order valence-corrected chi connectivity index (χ4v) is 3.16. The molecule has 4 nitrogen and oxygen atoms in total. The van der Waals surface area contributed by atoms with Crippen LogP contribution in [0.1, 0.15) is 26.7 Å². The zero-order chi connectivity index (χ0) is 12.3. The van der Waals surface area contributed by atoms with Crippen molar-refractivity contribution in [2.75, 3.05) is 0 Å². The minimum atomic E-state index is -0.292. The zero-order valence-corrected chi connectivity index (χ0v) is 12.3. The van der Waals surface area contributed by atoms with Crippen molar-refractivity contribution in [2.24, 2.45) is 0 Å². The topological polar surface area (TPSA) is 52.6 Å². The fourth-order valence-electron chi connectivity index (χ4n) is 1.73. The second kappa shape index (κ2) is 6.00. The molecule has 1 aliphatic carbocycles. The summed E-state index contributed by atoms with van der Waals surface area (Å²) in [7, 11) is 0. The van der Waals surface area contributed by atoms with E-state index in [2.05, 4.69) is 31.9 Å². The van der Waals surface area contributed by atoms with Crippen molar-refractivity contribution in [3.05, 3.63) is 0 Å². The Morgan fingerprint density at radius 1 is 0.938 bits per heavy atom. The van der Waals surface area contributed by atoms with Gasteiger partial charge in [-0.15, -0.1) is 0 Å². The first-order valence-electron chi connectivity index (χ1n) is 5.04. The summed E-state index contributed by atoms with van der Waals surface area (Å²) >= 11 is 6.93.